The van der Waals surface area contributed by atoms with Gasteiger partial charge in [0.15, 0.2) is 5.65 Å². The number of pyridine rings is 1. The minimum Gasteiger partial charge on any atom is -0.423 e. The second kappa shape index (κ2) is 9.36. The molecule has 2 aromatic carbocycles. The van der Waals surface area contributed by atoms with E-state index in [0.717, 1.165) is 52.4 Å². The molecule has 2 N–H and O–H groups in total. The van der Waals surface area contributed by atoms with Crippen molar-refractivity contribution in [2.45, 2.75) is 18.7 Å². The van der Waals surface area contributed by atoms with Gasteiger partial charge in [0.25, 0.3) is 10.0 Å². The summed E-state index contributed by atoms with van der Waals surface area (Å²) in [4.78, 5) is 9.27. The lowest BCUT2D eigenvalue weighted by molar-refractivity contribution is 0.312. The van der Waals surface area contributed by atoms with Crippen LogP contribution < -0.4 is 10.4 Å². The summed E-state index contributed by atoms with van der Waals surface area (Å²) < 4.78 is 27.7. The van der Waals surface area contributed by atoms with Gasteiger partial charge in [-0.05, 0) is 62.4 Å². The van der Waals surface area contributed by atoms with Gasteiger partial charge >= 0.3 is 7.12 Å². The smallest absolute Gasteiger partial charge is 0.423 e. The maximum Gasteiger partial charge on any atom is 0.490 e. The number of benzene rings is 2. The number of aryl methyl sites for hydroxylation is 2. The lowest BCUT2D eigenvalue weighted by Gasteiger charge is -2.35. The average Bonchev–Trinajstić information content (AvgIpc) is 3.25. The van der Waals surface area contributed by atoms with Crippen LogP contribution in [0.1, 0.15) is 11.1 Å². The van der Waals surface area contributed by atoms with E-state index in [9.17, 15) is 18.5 Å². The number of aromatic nitrogens is 2. The maximum atomic E-state index is 13.4. The predicted molar refractivity (Wildman–Crippen MR) is 143 cm³/mol. The number of likely N-dealkylation sites (N-methyl/N-ethyl adjacent to an activating group) is 1. The van der Waals surface area contributed by atoms with Crippen molar-refractivity contribution >= 4 is 39.3 Å². The molecule has 0 aliphatic carbocycles. The lowest BCUT2D eigenvalue weighted by atomic mass is 9.80. The molecule has 1 aliphatic rings. The minimum absolute atomic E-state index is 0.0841. The Morgan fingerprint density at radius 3 is 2.25 bits per heavy atom. The first-order chi connectivity index (χ1) is 17.1. The Hall–Kier alpha value is -3.18. The number of nitrogens with zero attached hydrogens (tertiary/aromatic N) is 4. The van der Waals surface area contributed by atoms with Gasteiger partial charge in [0.1, 0.15) is 0 Å². The maximum absolute atomic E-state index is 13.4. The van der Waals surface area contributed by atoms with Crippen LogP contribution in [0.4, 0.5) is 5.69 Å². The highest BCUT2D eigenvalue weighted by Gasteiger charge is 2.27. The van der Waals surface area contributed by atoms with E-state index in [2.05, 4.69) is 40.9 Å². The SMILES string of the molecule is Cc1ccc(S(=O)(=O)n2cc(B(O)O)c3cc(-c4ccc(N5CCN(C)CC5)c(C)c4)cnc32)cc1. The van der Waals surface area contributed by atoms with E-state index in [0.29, 0.717) is 5.39 Å². The Balaban J connectivity index is 1.56. The summed E-state index contributed by atoms with van der Waals surface area (Å²) in [5.74, 6) is 0. The van der Waals surface area contributed by atoms with Crippen molar-refractivity contribution in [1.29, 1.82) is 0 Å². The molecule has 0 atom stereocenters. The molecule has 5 rings (SSSR count). The first-order valence-corrected chi connectivity index (χ1v) is 13.3. The molecule has 0 spiro atoms. The van der Waals surface area contributed by atoms with E-state index in [1.54, 1.807) is 24.4 Å². The first-order valence-electron chi connectivity index (χ1n) is 11.9. The number of fused-ring (bicyclic) bond motifs is 1. The molecule has 4 aromatic rings. The van der Waals surface area contributed by atoms with Gasteiger partial charge < -0.3 is 19.8 Å². The largest absolute Gasteiger partial charge is 0.490 e. The van der Waals surface area contributed by atoms with Crippen LogP contribution in [0.25, 0.3) is 22.2 Å². The standard InChI is InChI=1S/C26H29BN4O4S/c1-18-4-7-22(8-5-18)36(34,35)31-17-24(27(32)33)23-15-21(16-28-26(23)31)20-6-9-25(19(2)14-20)30-12-10-29(3)11-13-30/h4-9,14-17,32-33H,10-13H2,1-3H3. The zero-order valence-corrected chi connectivity index (χ0v) is 21.4. The second-order valence-corrected chi connectivity index (χ2v) is 11.3. The van der Waals surface area contributed by atoms with Crippen molar-refractivity contribution in [3.05, 3.63) is 72.1 Å². The molecule has 186 valence electrons. The fourth-order valence-electron chi connectivity index (χ4n) is 4.71. The molecule has 3 heterocycles. The van der Waals surface area contributed by atoms with Crippen LogP contribution in [0.15, 0.2) is 65.8 Å². The molecule has 0 bridgehead atoms. The summed E-state index contributed by atoms with van der Waals surface area (Å²) in [5, 5.41) is 20.4. The van der Waals surface area contributed by atoms with Crippen molar-refractivity contribution < 1.29 is 18.5 Å². The van der Waals surface area contributed by atoms with Gasteiger partial charge in [-0.1, -0.05) is 23.8 Å². The van der Waals surface area contributed by atoms with Crippen molar-refractivity contribution in [3.8, 4) is 11.1 Å². The van der Waals surface area contributed by atoms with Gasteiger partial charge in [-0.25, -0.2) is 17.4 Å². The van der Waals surface area contributed by atoms with Gasteiger partial charge in [0, 0.05) is 60.7 Å². The fourth-order valence-corrected chi connectivity index (χ4v) is 6.04. The lowest BCUT2D eigenvalue weighted by Crippen LogP contribution is -2.44. The zero-order valence-electron chi connectivity index (χ0n) is 20.6. The van der Waals surface area contributed by atoms with Crippen molar-refractivity contribution in [2.75, 3.05) is 38.1 Å². The van der Waals surface area contributed by atoms with Crippen molar-refractivity contribution in [1.82, 2.24) is 13.9 Å². The molecule has 0 unspecified atom stereocenters. The topological polar surface area (TPSA) is 98.9 Å². The third kappa shape index (κ3) is 4.41. The summed E-state index contributed by atoms with van der Waals surface area (Å²) in [6.45, 7) is 7.96. The molecular formula is C26H29BN4O4S. The summed E-state index contributed by atoms with van der Waals surface area (Å²) in [6, 6.07) is 14.5. The minimum atomic E-state index is -3.98. The molecule has 1 saturated heterocycles. The Morgan fingerprint density at radius 1 is 0.917 bits per heavy atom. The molecule has 8 nitrogen and oxygen atoms in total. The number of hydrogen-bond acceptors (Lipinski definition) is 7. The molecular weight excluding hydrogens is 475 g/mol. The Labute approximate surface area is 211 Å². The molecule has 1 fully saturated rings. The third-order valence-corrected chi connectivity index (χ3v) is 8.54. The highest BCUT2D eigenvalue weighted by Crippen LogP contribution is 2.30. The van der Waals surface area contributed by atoms with Gasteiger partial charge in [-0.15, -0.1) is 0 Å². The molecule has 1 aliphatic heterocycles. The van der Waals surface area contributed by atoms with Crippen LogP contribution >= 0.6 is 0 Å². The average molecular weight is 504 g/mol. The molecule has 0 radical (unpaired) electrons. The van der Waals surface area contributed by atoms with Crippen LogP contribution in [0.2, 0.25) is 0 Å². The predicted octanol–water partition coefficient (Wildman–Crippen LogP) is 1.99. The first kappa shape index (κ1) is 24.5. The van der Waals surface area contributed by atoms with Crippen LogP contribution in [0.3, 0.4) is 0 Å². The normalized spacial score (nSPS) is 15.0. The van der Waals surface area contributed by atoms with E-state index in [4.69, 9.17) is 0 Å². The van der Waals surface area contributed by atoms with Crippen molar-refractivity contribution in [3.63, 3.8) is 0 Å². The third-order valence-electron chi connectivity index (χ3n) is 6.87. The number of rotatable bonds is 5. The summed E-state index contributed by atoms with van der Waals surface area (Å²) in [7, 11) is -3.69. The molecule has 10 heteroatoms. The Bertz CT molecular complexity index is 1530. The van der Waals surface area contributed by atoms with E-state index >= 15 is 0 Å². The van der Waals surface area contributed by atoms with Crippen LogP contribution in [0.5, 0.6) is 0 Å². The van der Waals surface area contributed by atoms with Gasteiger partial charge in [0.2, 0.25) is 0 Å². The van der Waals surface area contributed by atoms with Crippen molar-refractivity contribution in [2.24, 2.45) is 0 Å². The number of piperazine rings is 1. The number of hydrogen-bond donors (Lipinski definition) is 2. The fraction of sp³-hybridized carbons (Fsp3) is 0.269. The van der Waals surface area contributed by atoms with Crippen LogP contribution in [-0.4, -0.2) is 72.7 Å². The summed E-state index contributed by atoms with van der Waals surface area (Å²) in [5.41, 5.74) is 5.19. The highest BCUT2D eigenvalue weighted by atomic mass is 32.2. The zero-order chi connectivity index (χ0) is 25.6. The van der Waals surface area contributed by atoms with Gasteiger partial charge in [-0.2, -0.15) is 0 Å². The molecule has 0 saturated carbocycles. The summed E-state index contributed by atoms with van der Waals surface area (Å²) >= 11 is 0. The van der Waals surface area contributed by atoms with Crippen LogP contribution in [0, 0.1) is 13.8 Å². The van der Waals surface area contributed by atoms with Gasteiger partial charge in [-0.3, -0.25) is 0 Å². The van der Waals surface area contributed by atoms with E-state index < -0.39 is 17.1 Å². The Morgan fingerprint density at radius 2 is 1.61 bits per heavy atom. The monoisotopic (exact) mass is 504 g/mol. The van der Waals surface area contributed by atoms with E-state index in [1.807, 2.05) is 13.0 Å². The molecule has 0 amide bonds. The quantitative estimate of drug-likeness (QED) is 0.401. The Kier molecular flexibility index (Phi) is 6.38. The van der Waals surface area contributed by atoms with Gasteiger partial charge in [0.05, 0.1) is 4.90 Å². The number of anilines is 1. The van der Waals surface area contributed by atoms with E-state index in [1.165, 1.54) is 24.0 Å². The molecule has 36 heavy (non-hydrogen) atoms. The highest BCUT2D eigenvalue weighted by molar-refractivity contribution is 7.90. The molecule has 2 aromatic heterocycles. The van der Waals surface area contributed by atoms with Crippen LogP contribution in [-0.2, 0) is 10.0 Å². The van der Waals surface area contributed by atoms with E-state index in [-0.39, 0.29) is 16.0 Å². The second-order valence-electron chi connectivity index (χ2n) is 9.46. The summed E-state index contributed by atoms with van der Waals surface area (Å²) in [6.07, 6.45) is 2.87.